The smallest absolute Gasteiger partial charge is 0.329 e. The van der Waals surface area contributed by atoms with E-state index in [0.29, 0.717) is 29.1 Å². The fourth-order valence-corrected chi connectivity index (χ4v) is 3.29. The van der Waals surface area contributed by atoms with Crippen LogP contribution in [0.4, 0.5) is 0 Å². The maximum atomic E-state index is 12.7. The number of aliphatic imine (C=N–C) groups is 1. The van der Waals surface area contributed by atoms with E-state index in [4.69, 9.17) is 16.4 Å². The minimum absolute atomic E-state index is 0.311. The van der Waals surface area contributed by atoms with Gasteiger partial charge in [0.05, 0.1) is 0 Å². The minimum atomic E-state index is -0.751. The molecule has 1 heterocycles. The molecule has 0 saturated heterocycles. The number of hydrogen-bond donors (Lipinski definition) is 0. The Hall–Kier alpha value is -1.88. The van der Waals surface area contributed by atoms with Gasteiger partial charge in [0.25, 0.3) is 0 Å². The molecule has 6 heteroatoms. The van der Waals surface area contributed by atoms with E-state index in [1.165, 1.54) is 12.0 Å². The minimum Gasteiger partial charge on any atom is -0.336 e. The molecule has 0 aromatic heterocycles. The third-order valence-corrected chi connectivity index (χ3v) is 4.29. The zero-order chi connectivity index (χ0) is 15.7. The van der Waals surface area contributed by atoms with Crippen molar-refractivity contribution in [1.29, 1.82) is 0 Å². The van der Waals surface area contributed by atoms with Crippen LogP contribution in [-0.4, -0.2) is 28.3 Å². The van der Waals surface area contributed by atoms with E-state index in [1.807, 2.05) is 0 Å². The first kappa shape index (κ1) is 15.0. The molecule has 1 aliphatic heterocycles. The summed E-state index contributed by atoms with van der Waals surface area (Å²) in [6.45, 7) is 1.29. The van der Waals surface area contributed by atoms with E-state index < -0.39 is 11.6 Å². The predicted octanol–water partition coefficient (Wildman–Crippen LogP) is 3.11. The van der Waals surface area contributed by atoms with Crippen molar-refractivity contribution in [2.45, 2.75) is 44.7 Å². The van der Waals surface area contributed by atoms with E-state index in [-0.39, 0.29) is 5.91 Å². The zero-order valence-corrected chi connectivity index (χ0v) is 13.1. The van der Waals surface area contributed by atoms with Crippen molar-refractivity contribution in [3.05, 3.63) is 34.9 Å². The molecule has 1 spiro atoms. The van der Waals surface area contributed by atoms with Gasteiger partial charge < -0.3 is 4.84 Å². The van der Waals surface area contributed by atoms with Crippen LogP contribution in [0.5, 0.6) is 0 Å². The van der Waals surface area contributed by atoms with Gasteiger partial charge in [-0.3, -0.25) is 9.59 Å². The molecule has 1 fully saturated rings. The summed E-state index contributed by atoms with van der Waals surface area (Å²) in [7, 11) is 0. The molecule has 1 aromatic carbocycles. The number of carbonyl (C=O) groups is 2. The predicted molar refractivity (Wildman–Crippen MR) is 82.4 cm³/mol. The molecule has 1 amide bonds. The Morgan fingerprint density at radius 1 is 1.32 bits per heavy atom. The number of nitrogens with zero attached hydrogens (tertiary/aromatic N) is 2. The van der Waals surface area contributed by atoms with Gasteiger partial charge in [-0.2, -0.15) is 0 Å². The molecule has 1 saturated carbocycles. The Labute approximate surface area is 133 Å². The van der Waals surface area contributed by atoms with E-state index in [9.17, 15) is 9.59 Å². The number of benzene rings is 1. The first-order valence-electron chi connectivity index (χ1n) is 7.41. The maximum absolute atomic E-state index is 12.7. The lowest BCUT2D eigenvalue weighted by Gasteiger charge is -2.36. The lowest BCUT2D eigenvalue weighted by atomic mass is 9.90. The molecule has 2 aliphatic rings. The van der Waals surface area contributed by atoms with Gasteiger partial charge in [0.1, 0.15) is 5.71 Å². The SMILES string of the molecule is CC(=O)ON1C(=O)C(c2cccc(Cl)c2)=NC12CCCCC2. The van der Waals surface area contributed by atoms with Gasteiger partial charge in [-0.15, -0.1) is 5.06 Å². The van der Waals surface area contributed by atoms with E-state index in [2.05, 4.69) is 4.99 Å². The first-order chi connectivity index (χ1) is 10.5. The molecule has 1 aliphatic carbocycles. The van der Waals surface area contributed by atoms with Crippen LogP contribution in [0.15, 0.2) is 29.3 Å². The summed E-state index contributed by atoms with van der Waals surface area (Å²) in [5.74, 6) is -0.889. The lowest BCUT2D eigenvalue weighted by Crippen LogP contribution is -2.48. The fourth-order valence-electron chi connectivity index (χ4n) is 3.10. The standard InChI is InChI=1S/C16H17ClN2O3/c1-11(20)22-19-15(21)14(12-6-5-7-13(17)10-12)18-16(19)8-3-2-4-9-16/h5-7,10H,2-4,8-9H2,1H3. The highest BCUT2D eigenvalue weighted by Crippen LogP contribution is 2.40. The van der Waals surface area contributed by atoms with Crippen molar-refractivity contribution in [3.8, 4) is 0 Å². The highest BCUT2D eigenvalue weighted by molar-refractivity contribution is 6.47. The van der Waals surface area contributed by atoms with Crippen LogP contribution in [0.1, 0.15) is 44.6 Å². The Bertz CT molecular complexity index is 651. The zero-order valence-electron chi connectivity index (χ0n) is 12.3. The second-order valence-electron chi connectivity index (χ2n) is 5.70. The van der Waals surface area contributed by atoms with E-state index >= 15 is 0 Å². The van der Waals surface area contributed by atoms with E-state index in [1.54, 1.807) is 24.3 Å². The molecule has 22 heavy (non-hydrogen) atoms. The summed E-state index contributed by atoms with van der Waals surface area (Å²) in [5.41, 5.74) is 0.210. The number of hydrogen-bond acceptors (Lipinski definition) is 4. The first-order valence-corrected chi connectivity index (χ1v) is 7.78. The fraction of sp³-hybridized carbons (Fsp3) is 0.438. The third kappa shape index (κ3) is 2.61. The molecule has 116 valence electrons. The summed E-state index contributed by atoms with van der Waals surface area (Å²) < 4.78 is 0. The Morgan fingerprint density at radius 2 is 2.05 bits per heavy atom. The lowest BCUT2D eigenvalue weighted by molar-refractivity contribution is -0.216. The summed E-state index contributed by atoms with van der Waals surface area (Å²) in [6.07, 6.45) is 4.42. The number of rotatable bonds is 2. The average molecular weight is 321 g/mol. The Morgan fingerprint density at radius 3 is 2.68 bits per heavy atom. The van der Waals surface area contributed by atoms with Gasteiger partial charge in [0.15, 0.2) is 5.66 Å². The quantitative estimate of drug-likeness (QED) is 0.841. The molecular weight excluding hydrogens is 304 g/mol. The average Bonchev–Trinajstić information content (AvgIpc) is 2.74. The van der Waals surface area contributed by atoms with Gasteiger partial charge in [0.2, 0.25) is 0 Å². The van der Waals surface area contributed by atoms with Gasteiger partial charge in [-0.05, 0) is 37.8 Å². The molecule has 3 rings (SSSR count). The maximum Gasteiger partial charge on any atom is 0.329 e. The largest absolute Gasteiger partial charge is 0.336 e. The van der Waals surface area contributed by atoms with Gasteiger partial charge >= 0.3 is 11.9 Å². The van der Waals surface area contributed by atoms with Gasteiger partial charge in [0, 0.05) is 17.5 Å². The molecule has 0 N–H and O–H groups in total. The monoisotopic (exact) mass is 320 g/mol. The number of amides is 1. The van der Waals surface area contributed by atoms with Crippen molar-refractivity contribution >= 4 is 29.2 Å². The van der Waals surface area contributed by atoms with Crippen LogP contribution in [0, 0.1) is 0 Å². The topological polar surface area (TPSA) is 59.0 Å². The van der Waals surface area contributed by atoms with Crippen LogP contribution in [-0.2, 0) is 14.4 Å². The van der Waals surface area contributed by atoms with Crippen LogP contribution in [0.3, 0.4) is 0 Å². The van der Waals surface area contributed by atoms with Crippen molar-refractivity contribution < 1.29 is 14.4 Å². The number of halogens is 1. The van der Waals surface area contributed by atoms with Gasteiger partial charge in [-0.1, -0.05) is 30.2 Å². The van der Waals surface area contributed by atoms with Crippen LogP contribution >= 0.6 is 11.6 Å². The Kier molecular flexibility index (Phi) is 3.91. The summed E-state index contributed by atoms with van der Waals surface area (Å²) in [5, 5.41) is 1.71. The molecule has 1 aromatic rings. The number of carbonyl (C=O) groups excluding carboxylic acids is 2. The van der Waals surface area contributed by atoms with Crippen LogP contribution in [0.25, 0.3) is 0 Å². The second-order valence-corrected chi connectivity index (χ2v) is 6.13. The molecule has 0 atom stereocenters. The summed E-state index contributed by atoms with van der Waals surface area (Å²) in [6, 6.07) is 7.00. The summed E-state index contributed by atoms with van der Waals surface area (Å²) in [4.78, 5) is 33.9. The van der Waals surface area contributed by atoms with Crippen molar-refractivity contribution in [2.24, 2.45) is 4.99 Å². The van der Waals surface area contributed by atoms with Crippen LogP contribution in [0.2, 0.25) is 5.02 Å². The van der Waals surface area contributed by atoms with Crippen molar-refractivity contribution in [2.75, 3.05) is 0 Å². The molecule has 5 nitrogen and oxygen atoms in total. The normalized spacial score (nSPS) is 20.2. The Balaban J connectivity index is 2.02. The highest BCUT2D eigenvalue weighted by atomic mass is 35.5. The second kappa shape index (κ2) is 5.72. The van der Waals surface area contributed by atoms with Crippen LogP contribution < -0.4 is 0 Å². The summed E-state index contributed by atoms with van der Waals surface area (Å²) >= 11 is 6.00. The molecule has 0 radical (unpaired) electrons. The third-order valence-electron chi connectivity index (χ3n) is 4.06. The van der Waals surface area contributed by atoms with Gasteiger partial charge in [-0.25, -0.2) is 4.99 Å². The van der Waals surface area contributed by atoms with Crippen molar-refractivity contribution in [3.63, 3.8) is 0 Å². The number of hydroxylamine groups is 2. The molecule has 0 unspecified atom stereocenters. The molecule has 0 bridgehead atoms. The highest BCUT2D eigenvalue weighted by Gasteiger charge is 2.50. The molecular formula is C16H17ClN2O3. The van der Waals surface area contributed by atoms with E-state index in [0.717, 1.165) is 19.3 Å². The van der Waals surface area contributed by atoms with Crippen molar-refractivity contribution in [1.82, 2.24) is 5.06 Å².